The summed E-state index contributed by atoms with van der Waals surface area (Å²) in [5.74, 6) is -1.70. The zero-order valence-electron chi connectivity index (χ0n) is 18.6. The summed E-state index contributed by atoms with van der Waals surface area (Å²) in [6.07, 6.45) is 1.79. The highest BCUT2D eigenvalue weighted by atomic mass is 35.5. The van der Waals surface area contributed by atoms with Gasteiger partial charge in [-0.05, 0) is 42.5 Å². The van der Waals surface area contributed by atoms with Crippen molar-refractivity contribution in [3.8, 4) is 0 Å². The first-order valence-corrected chi connectivity index (χ1v) is 11.1. The first-order chi connectivity index (χ1) is 16.4. The molecule has 0 radical (unpaired) electrons. The van der Waals surface area contributed by atoms with E-state index in [0.29, 0.717) is 16.3 Å². The second-order valence-electron chi connectivity index (χ2n) is 8.38. The lowest BCUT2D eigenvalue weighted by Crippen LogP contribution is -2.29. The number of carbonyl (C=O) groups excluding carboxylic acids is 2. The number of para-hydroxylation sites is 1. The molecule has 2 heterocycles. The number of aromatic amines is 1. The molecule has 1 saturated heterocycles. The van der Waals surface area contributed by atoms with Crippen LogP contribution in [0, 0.1) is 0 Å². The van der Waals surface area contributed by atoms with Crippen molar-refractivity contribution in [2.75, 3.05) is 23.9 Å². The molecule has 34 heavy (non-hydrogen) atoms. The molecule has 170 valence electrons. The van der Waals surface area contributed by atoms with Crippen LogP contribution in [0.2, 0.25) is 5.02 Å². The number of anilines is 2. The van der Waals surface area contributed by atoms with Crippen LogP contribution >= 0.6 is 11.6 Å². The number of benzene rings is 3. The van der Waals surface area contributed by atoms with Gasteiger partial charge < -0.3 is 15.0 Å². The molecule has 1 aliphatic heterocycles. The third-order valence-electron chi connectivity index (χ3n) is 6.10. The molecule has 1 unspecified atom stereocenters. The number of nitrogens with zero attached hydrogens (tertiary/aromatic N) is 2. The fraction of sp³-hybridized carbons (Fsp3) is 0.111. The Morgan fingerprint density at radius 1 is 1.00 bits per heavy atom. The van der Waals surface area contributed by atoms with Gasteiger partial charge in [-0.1, -0.05) is 41.9 Å². The number of H-pyrrole nitrogens is 1. The molecule has 2 N–H and O–H groups in total. The smallest absolute Gasteiger partial charge is 0.300 e. The number of fused-ring (bicyclic) bond motifs is 1. The molecular formula is C27H22ClN3O3. The summed E-state index contributed by atoms with van der Waals surface area (Å²) < 4.78 is 0. The number of carbonyl (C=O) groups is 2. The van der Waals surface area contributed by atoms with Crippen molar-refractivity contribution in [1.82, 2.24) is 4.98 Å². The third-order valence-corrected chi connectivity index (χ3v) is 6.34. The van der Waals surface area contributed by atoms with Gasteiger partial charge in [-0.25, -0.2) is 0 Å². The summed E-state index contributed by atoms with van der Waals surface area (Å²) in [6.45, 7) is 0. The lowest BCUT2D eigenvalue weighted by atomic mass is 9.94. The van der Waals surface area contributed by atoms with Gasteiger partial charge in [0, 0.05) is 58.7 Å². The summed E-state index contributed by atoms with van der Waals surface area (Å²) in [7, 11) is 3.86. The first kappa shape index (κ1) is 21.8. The Morgan fingerprint density at radius 3 is 2.44 bits per heavy atom. The number of nitrogens with one attached hydrogen (secondary N) is 1. The van der Waals surface area contributed by atoms with E-state index in [1.54, 1.807) is 30.5 Å². The lowest BCUT2D eigenvalue weighted by Gasteiger charge is -2.25. The molecule has 0 bridgehead atoms. The van der Waals surface area contributed by atoms with Crippen molar-refractivity contribution >= 4 is 51.3 Å². The van der Waals surface area contributed by atoms with Crippen LogP contribution < -0.4 is 9.80 Å². The lowest BCUT2D eigenvalue weighted by molar-refractivity contribution is -0.132. The Balaban J connectivity index is 1.75. The van der Waals surface area contributed by atoms with Crippen LogP contribution in [0.25, 0.3) is 16.7 Å². The number of aromatic nitrogens is 1. The highest BCUT2D eigenvalue weighted by Crippen LogP contribution is 2.44. The summed E-state index contributed by atoms with van der Waals surface area (Å²) in [5, 5.41) is 12.5. The number of aliphatic hydroxyl groups is 1. The van der Waals surface area contributed by atoms with Gasteiger partial charge in [-0.15, -0.1) is 0 Å². The van der Waals surface area contributed by atoms with Crippen LogP contribution in [0.15, 0.2) is 84.6 Å². The molecular weight excluding hydrogens is 450 g/mol. The van der Waals surface area contributed by atoms with E-state index in [0.717, 1.165) is 22.2 Å². The second kappa shape index (κ2) is 8.39. The van der Waals surface area contributed by atoms with Crippen molar-refractivity contribution in [2.24, 2.45) is 0 Å². The predicted molar refractivity (Wildman–Crippen MR) is 135 cm³/mol. The zero-order chi connectivity index (χ0) is 24.0. The molecule has 4 aromatic rings. The van der Waals surface area contributed by atoms with E-state index in [1.807, 2.05) is 67.5 Å². The van der Waals surface area contributed by atoms with E-state index >= 15 is 0 Å². The fourth-order valence-corrected chi connectivity index (χ4v) is 4.61. The molecule has 1 fully saturated rings. The SMILES string of the molecule is CN(C)c1ccc(N2C(=O)C(=O)/C(=C(/O)c3cccc(Cl)c3)C2c2c[nH]c3ccccc23)cc1. The average molecular weight is 472 g/mol. The summed E-state index contributed by atoms with van der Waals surface area (Å²) >= 11 is 6.13. The average Bonchev–Trinajstić information content (AvgIpc) is 3.37. The molecule has 0 saturated carbocycles. The van der Waals surface area contributed by atoms with Crippen molar-refractivity contribution < 1.29 is 14.7 Å². The zero-order valence-corrected chi connectivity index (χ0v) is 19.4. The minimum Gasteiger partial charge on any atom is -0.507 e. The molecule has 0 aliphatic carbocycles. The maximum Gasteiger partial charge on any atom is 0.300 e. The van der Waals surface area contributed by atoms with Crippen LogP contribution in [0.5, 0.6) is 0 Å². The number of halogens is 1. The van der Waals surface area contributed by atoms with Crippen LogP contribution in [0.3, 0.4) is 0 Å². The van der Waals surface area contributed by atoms with Gasteiger partial charge in [0.15, 0.2) is 0 Å². The highest BCUT2D eigenvalue weighted by molar-refractivity contribution is 6.52. The van der Waals surface area contributed by atoms with Crippen molar-refractivity contribution in [3.63, 3.8) is 0 Å². The number of ketones is 1. The van der Waals surface area contributed by atoms with Gasteiger partial charge in [-0.2, -0.15) is 0 Å². The van der Waals surface area contributed by atoms with E-state index in [2.05, 4.69) is 4.98 Å². The number of rotatable bonds is 4. The maximum atomic E-state index is 13.4. The largest absolute Gasteiger partial charge is 0.507 e. The van der Waals surface area contributed by atoms with Crippen LogP contribution in [-0.4, -0.2) is 35.9 Å². The highest BCUT2D eigenvalue weighted by Gasteiger charge is 2.47. The monoisotopic (exact) mass is 471 g/mol. The van der Waals surface area contributed by atoms with E-state index in [-0.39, 0.29) is 11.3 Å². The number of aliphatic hydroxyl groups excluding tert-OH is 1. The topological polar surface area (TPSA) is 76.6 Å². The molecule has 3 aromatic carbocycles. The molecule has 1 atom stereocenters. The first-order valence-electron chi connectivity index (χ1n) is 10.8. The fourth-order valence-electron chi connectivity index (χ4n) is 4.42. The van der Waals surface area contributed by atoms with Gasteiger partial charge in [-0.3, -0.25) is 14.5 Å². The van der Waals surface area contributed by atoms with E-state index in [9.17, 15) is 14.7 Å². The number of amides is 1. The Hall–Kier alpha value is -4.03. The van der Waals surface area contributed by atoms with Gasteiger partial charge in [0.05, 0.1) is 11.6 Å². The molecule has 1 aromatic heterocycles. The van der Waals surface area contributed by atoms with Crippen molar-refractivity contribution in [2.45, 2.75) is 6.04 Å². The molecule has 1 amide bonds. The van der Waals surface area contributed by atoms with Crippen molar-refractivity contribution in [3.05, 3.63) is 101 Å². The van der Waals surface area contributed by atoms with E-state index in [4.69, 9.17) is 11.6 Å². The third kappa shape index (κ3) is 3.53. The van der Waals surface area contributed by atoms with Gasteiger partial charge in [0.2, 0.25) is 0 Å². The molecule has 5 rings (SSSR count). The van der Waals surface area contributed by atoms with Gasteiger partial charge >= 0.3 is 0 Å². The van der Waals surface area contributed by atoms with E-state index in [1.165, 1.54) is 4.90 Å². The Morgan fingerprint density at radius 2 is 1.74 bits per heavy atom. The van der Waals surface area contributed by atoms with Crippen LogP contribution in [-0.2, 0) is 9.59 Å². The molecule has 0 spiro atoms. The predicted octanol–water partition coefficient (Wildman–Crippen LogP) is 5.51. The maximum absolute atomic E-state index is 13.4. The minimum absolute atomic E-state index is 0.0219. The van der Waals surface area contributed by atoms with Crippen LogP contribution in [0.4, 0.5) is 11.4 Å². The summed E-state index contributed by atoms with van der Waals surface area (Å²) in [6, 6.07) is 20.8. The van der Waals surface area contributed by atoms with E-state index < -0.39 is 17.7 Å². The number of hydrogen-bond donors (Lipinski definition) is 2. The number of Topliss-reactive ketones (excluding diaryl/α,β-unsaturated/α-hetero) is 1. The van der Waals surface area contributed by atoms with Crippen molar-refractivity contribution in [1.29, 1.82) is 0 Å². The normalized spacial score (nSPS) is 17.5. The Labute approximate surface area is 201 Å². The van der Waals surface area contributed by atoms with Gasteiger partial charge in [0.25, 0.3) is 11.7 Å². The second-order valence-corrected chi connectivity index (χ2v) is 8.82. The Kier molecular flexibility index (Phi) is 5.38. The molecule has 6 nitrogen and oxygen atoms in total. The summed E-state index contributed by atoms with van der Waals surface area (Å²) in [5.41, 5.74) is 3.51. The quantitative estimate of drug-likeness (QED) is 0.233. The standard InChI is InChI=1S/C27H22ClN3O3/c1-30(2)18-10-12-19(13-11-18)31-24(21-15-29-22-9-4-3-8-20(21)22)23(26(33)27(31)34)25(32)16-6-5-7-17(28)14-16/h3-15,24,29,32H,1-2H3/b25-23+. The number of hydrogen-bond acceptors (Lipinski definition) is 4. The Bertz CT molecular complexity index is 1450. The molecule has 7 heteroatoms. The molecule has 1 aliphatic rings. The minimum atomic E-state index is -0.819. The van der Waals surface area contributed by atoms with Crippen LogP contribution in [0.1, 0.15) is 17.2 Å². The summed E-state index contributed by atoms with van der Waals surface area (Å²) in [4.78, 5) is 33.3. The van der Waals surface area contributed by atoms with Gasteiger partial charge in [0.1, 0.15) is 5.76 Å².